The minimum Gasteiger partial charge on any atom is -0.486 e. The fraction of sp³-hybridized carbons (Fsp3) is 0.222. The van der Waals surface area contributed by atoms with Crippen molar-refractivity contribution < 1.29 is 13.9 Å². The van der Waals surface area contributed by atoms with E-state index in [1.165, 1.54) is 12.4 Å². The molecule has 2 aromatic carbocycles. The first-order valence-corrected chi connectivity index (χ1v) is 8.90. The van der Waals surface area contributed by atoms with E-state index in [0.29, 0.717) is 51.5 Å². The number of hydrogen-bond acceptors (Lipinski definition) is 6. The quantitative estimate of drug-likeness (QED) is 0.622. The molecule has 4 rings (SSSR count). The number of nitrogens with zero attached hydrogens (tertiary/aromatic N) is 2. The molecular weight excluding hydrogens is 403 g/mol. The van der Waals surface area contributed by atoms with Gasteiger partial charge in [-0.2, -0.15) is 0 Å². The van der Waals surface area contributed by atoms with Gasteiger partial charge in [0.25, 0.3) is 0 Å². The van der Waals surface area contributed by atoms with Crippen molar-refractivity contribution in [3.8, 4) is 5.75 Å². The number of nitrogens with one attached hydrogen (secondary N) is 1. The van der Waals surface area contributed by atoms with Crippen LogP contribution >= 0.6 is 15.9 Å². The predicted molar refractivity (Wildman–Crippen MR) is 101 cm³/mol. The number of ether oxygens (including phenoxy) is 2. The van der Waals surface area contributed by atoms with Crippen LogP contribution in [0.25, 0.3) is 10.9 Å². The highest BCUT2D eigenvalue weighted by atomic mass is 79.9. The average Bonchev–Trinajstić information content (AvgIpc) is 3.12. The summed E-state index contributed by atoms with van der Waals surface area (Å²) >= 11 is 3.24. The second-order valence-electron chi connectivity index (χ2n) is 5.98. The van der Waals surface area contributed by atoms with E-state index in [0.717, 1.165) is 6.42 Å². The number of nitrogen functional groups attached to an aromatic ring is 1. The number of halogens is 2. The van der Waals surface area contributed by atoms with Gasteiger partial charge in [0.2, 0.25) is 0 Å². The summed E-state index contributed by atoms with van der Waals surface area (Å²) in [4.78, 5) is 8.50. The number of benzene rings is 2. The van der Waals surface area contributed by atoms with E-state index in [2.05, 4.69) is 31.2 Å². The molecule has 3 N–H and O–H groups in total. The Hall–Kier alpha value is -2.45. The zero-order chi connectivity index (χ0) is 18.1. The van der Waals surface area contributed by atoms with Crippen molar-refractivity contribution in [2.75, 3.05) is 24.3 Å². The summed E-state index contributed by atoms with van der Waals surface area (Å²) in [6.45, 7) is 1.24. The molecule has 134 valence electrons. The van der Waals surface area contributed by atoms with Gasteiger partial charge >= 0.3 is 0 Å². The van der Waals surface area contributed by atoms with Gasteiger partial charge in [0.15, 0.2) is 0 Å². The summed E-state index contributed by atoms with van der Waals surface area (Å²) in [6.07, 6.45) is 2.24. The molecule has 0 aliphatic carbocycles. The molecule has 1 fully saturated rings. The number of aromatic nitrogens is 2. The lowest BCUT2D eigenvalue weighted by Gasteiger charge is -2.15. The van der Waals surface area contributed by atoms with Gasteiger partial charge < -0.3 is 20.5 Å². The first kappa shape index (κ1) is 17.0. The Morgan fingerprint density at radius 2 is 2.15 bits per heavy atom. The Morgan fingerprint density at radius 3 is 2.92 bits per heavy atom. The largest absolute Gasteiger partial charge is 0.486 e. The van der Waals surface area contributed by atoms with Gasteiger partial charge in [0.05, 0.1) is 30.1 Å². The van der Waals surface area contributed by atoms with Crippen LogP contribution in [0.5, 0.6) is 5.75 Å². The summed E-state index contributed by atoms with van der Waals surface area (Å²) in [5, 5.41) is 3.68. The fourth-order valence-electron chi connectivity index (χ4n) is 2.81. The van der Waals surface area contributed by atoms with Gasteiger partial charge in [0.1, 0.15) is 29.8 Å². The molecule has 0 bridgehead atoms. The maximum absolute atomic E-state index is 14.1. The predicted octanol–water partition coefficient (Wildman–Crippen LogP) is 4.02. The van der Waals surface area contributed by atoms with Crippen LogP contribution in [0.4, 0.5) is 21.6 Å². The van der Waals surface area contributed by atoms with Crippen molar-refractivity contribution in [2.45, 2.75) is 12.5 Å². The molecule has 1 aromatic heterocycles. The maximum Gasteiger partial charge on any atom is 0.147 e. The summed E-state index contributed by atoms with van der Waals surface area (Å²) in [5.41, 5.74) is 7.59. The van der Waals surface area contributed by atoms with Crippen molar-refractivity contribution in [2.24, 2.45) is 0 Å². The molecule has 1 atom stereocenters. The highest BCUT2D eigenvalue weighted by Crippen LogP contribution is 2.33. The van der Waals surface area contributed by atoms with Gasteiger partial charge in [-0.25, -0.2) is 14.4 Å². The highest BCUT2D eigenvalue weighted by Gasteiger charge is 2.19. The number of rotatable bonds is 4. The molecule has 0 amide bonds. The lowest BCUT2D eigenvalue weighted by Crippen LogP contribution is -2.16. The number of fused-ring (bicyclic) bond motifs is 1. The molecule has 26 heavy (non-hydrogen) atoms. The van der Waals surface area contributed by atoms with E-state index in [1.807, 2.05) is 0 Å². The van der Waals surface area contributed by atoms with Crippen LogP contribution in [-0.2, 0) is 4.74 Å². The Labute approximate surface area is 157 Å². The zero-order valence-corrected chi connectivity index (χ0v) is 15.3. The minimum atomic E-state index is -0.389. The molecule has 0 unspecified atom stereocenters. The van der Waals surface area contributed by atoms with E-state index in [-0.39, 0.29) is 11.9 Å². The lowest BCUT2D eigenvalue weighted by atomic mass is 10.2. The van der Waals surface area contributed by atoms with Crippen molar-refractivity contribution in [1.82, 2.24) is 9.97 Å². The molecule has 6 nitrogen and oxygen atoms in total. The first-order valence-electron chi connectivity index (χ1n) is 8.11. The lowest BCUT2D eigenvalue weighted by molar-refractivity contribution is 0.142. The van der Waals surface area contributed by atoms with Crippen molar-refractivity contribution >= 4 is 44.0 Å². The Bertz CT molecular complexity index is 963. The van der Waals surface area contributed by atoms with Crippen LogP contribution in [0.15, 0.2) is 41.1 Å². The third-order valence-electron chi connectivity index (χ3n) is 4.13. The van der Waals surface area contributed by atoms with Crippen molar-refractivity contribution in [1.29, 1.82) is 0 Å². The van der Waals surface area contributed by atoms with E-state index < -0.39 is 0 Å². The zero-order valence-electron chi connectivity index (χ0n) is 13.7. The Morgan fingerprint density at radius 1 is 1.27 bits per heavy atom. The molecule has 0 spiro atoms. The van der Waals surface area contributed by atoms with E-state index in [1.54, 1.807) is 24.3 Å². The smallest absolute Gasteiger partial charge is 0.147 e. The molecule has 1 aliphatic heterocycles. The molecule has 0 radical (unpaired) electrons. The Balaban J connectivity index is 1.68. The van der Waals surface area contributed by atoms with Gasteiger partial charge in [-0.1, -0.05) is 15.9 Å². The van der Waals surface area contributed by atoms with Crippen LogP contribution in [0.3, 0.4) is 0 Å². The molecule has 1 saturated heterocycles. The summed E-state index contributed by atoms with van der Waals surface area (Å²) in [6, 6.07) is 8.27. The number of anilines is 3. The van der Waals surface area contributed by atoms with E-state index >= 15 is 0 Å². The summed E-state index contributed by atoms with van der Waals surface area (Å²) < 4.78 is 26.0. The average molecular weight is 419 g/mol. The third-order valence-corrected chi connectivity index (χ3v) is 4.63. The topological polar surface area (TPSA) is 82.3 Å². The summed E-state index contributed by atoms with van der Waals surface area (Å²) in [5.74, 6) is 0.645. The van der Waals surface area contributed by atoms with E-state index in [4.69, 9.17) is 15.2 Å². The third kappa shape index (κ3) is 3.42. The van der Waals surface area contributed by atoms with Crippen LogP contribution in [-0.4, -0.2) is 29.3 Å². The molecule has 1 aliphatic rings. The SMILES string of the molecule is Nc1cc2c(Nc3ccc(Br)cc3F)ncnc2cc1O[C@H]1CCOC1. The second kappa shape index (κ2) is 7.05. The van der Waals surface area contributed by atoms with Gasteiger partial charge in [-0.15, -0.1) is 0 Å². The molecule has 3 aromatic rings. The van der Waals surface area contributed by atoms with Crippen LogP contribution in [0.2, 0.25) is 0 Å². The number of hydrogen-bond donors (Lipinski definition) is 2. The van der Waals surface area contributed by atoms with Crippen LogP contribution < -0.4 is 15.8 Å². The maximum atomic E-state index is 14.1. The summed E-state index contributed by atoms with van der Waals surface area (Å²) in [7, 11) is 0. The molecular formula is C18H16BrFN4O2. The standard InChI is InChI=1S/C18H16BrFN4O2/c19-10-1-2-15(13(20)5-10)24-18-12-6-14(21)17(7-16(12)22-9-23-18)26-11-3-4-25-8-11/h1-2,5-7,9,11H,3-4,8,21H2,(H,22,23,24)/t11-/m0/s1. The van der Waals surface area contributed by atoms with E-state index in [9.17, 15) is 4.39 Å². The first-order chi connectivity index (χ1) is 12.6. The van der Waals surface area contributed by atoms with Gasteiger partial charge in [0, 0.05) is 22.3 Å². The molecule has 0 saturated carbocycles. The van der Waals surface area contributed by atoms with Crippen molar-refractivity contribution in [3.05, 3.63) is 46.9 Å². The minimum absolute atomic E-state index is 0.00829. The van der Waals surface area contributed by atoms with Crippen LogP contribution in [0, 0.1) is 5.82 Å². The molecule has 8 heteroatoms. The number of nitrogens with two attached hydrogens (primary N) is 1. The van der Waals surface area contributed by atoms with Crippen molar-refractivity contribution in [3.63, 3.8) is 0 Å². The normalized spacial score (nSPS) is 16.8. The van der Waals surface area contributed by atoms with Crippen LogP contribution in [0.1, 0.15) is 6.42 Å². The fourth-order valence-corrected chi connectivity index (χ4v) is 3.14. The molecule has 2 heterocycles. The highest BCUT2D eigenvalue weighted by molar-refractivity contribution is 9.10. The Kier molecular flexibility index (Phi) is 4.60. The van der Waals surface area contributed by atoms with Gasteiger partial charge in [-0.05, 0) is 24.3 Å². The van der Waals surface area contributed by atoms with Gasteiger partial charge in [-0.3, -0.25) is 0 Å². The second-order valence-corrected chi connectivity index (χ2v) is 6.90. The monoisotopic (exact) mass is 418 g/mol.